The number of halogens is 1. The summed E-state index contributed by atoms with van der Waals surface area (Å²) >= 11 is 0. The smallest absolute Gasteiger partial charge is 0.138 e. The maximum atomic E-state index is 14.9. The molecule has 3 aliphatic heterocycles. The Morgan fingerprint density at radius 3 is 2.70 bits per heavy atom. The molecule has 0 bridgehead atoms. The van der Waals surface area contributed by atoms with Crippen LogP contribution in [0.2, 0.25) is 0 Å². The van der Waals surface area contributed by atoms with E-state index in [1.165, 1.54) is 6.07 Å². The van der Waals surface area contributed by atoms with Crippen LogP contribution in [0.3, 0.4) is 0 Å². The summed E-state index contributed by atoms with van der Waals surface area (Å²) in [6.45, 7) is 8.20. The Balaban J connectivity index is 1.41. The predicted octanol–water partition coefficient (Wildman–Crippen LogP) is 4.29. The fourth-order valence-electron chi connectivity index (χ4n) is 5.14. The molecule has 3 heterocycles. The lowest BCUT2D eigenvalue weighted by molar-refractivity contribution is 0.0811. The molecule has 0 saturated carbocycles. The molecule has 5 rings (SSSR count). The van der Waals surface area contributed by atoms with Gasteiger partial charge in [0.25, 0.3) is 0 Å². The van der Waals surface area contributed by atoms with Crippen molar-refractivity contribution < 1.29 is 13.9 Å². The van der Waals surface area contributed by atoms with Gasteiger partial charge in [0.05, 0.1) is 5.56 Å². The van der Waals surface area contributed by atoms with Crippen molar-refractivity contribution in [2.45, 2.75) is 51.0 Å². The lowest BCUT2D eigenvalue weighted by Crippen LogP contribution is -2.46. The molecule has 1 aromatic rings. The highest BCUT2D eigenvalue weighted by molar-refractivity contribution is 5.87. The molecule has 3 atom stereocenters. The van der Waals surface area contributed by atoms with Crippen LogP contribution in [0.25, 0.3) is 5.57 Å². The van der Waals surface area contributed by atoms with Gasteiger partial charge in [-0.05, 0) is 62.0 Å². The number of likely N-dealkylation sites (N-methyl/N-ethyl adjacent to an activating group) is 1. The average Bonchev–Trinajstić information content (AvgIpc) is 3.55. The van der Waals surface area contributed by atoms with Crippen molar-refractivity contribution in [2.75, 3.05) is 26.2 Å². The van der Waals surface area contributed by atoms with Crippen molar-refractivity contribution >= 4 is 5.57 Å². The van der Waals surface area contributed by atoms with Crippen LogP contribution in [0, 0.1) is 11.7 Å². The summed E-state index contributed by atoms with van der Waals surface area (Å²) < 4.78 is 27.2. The zero-order chi connectivity index (χ0) is 20.7. The van der Waals surface area contributed by atoms with E-state index in [1.807, 2.05) is 6.07 Å². The zero-order valence-electron chi connectivity index (χ0n) is 17.9. The first kappa shape index (κ1) is 20.0. The maximum absolute atomic E-state index is 14.9. The Labute approximate surface area is 178 Å². The Kier molecular flexibility index (Phi) is 5.30. The molecule has 3 unspecified atom stereocenters. The number of fused-ring (bicyclic) bond motifs is 1. The second kappa shape index (κ2) is 7.95. The number of epoxide rings is 1. The molecule has 1 aromatic carbocycles. The fourth-order valence-corrected chi connectivity index (χ4v) is 5.14. The largest absolute Gasteiger partial charge is 0.482 e. The first-order valence-electron chi connectivity index (χ1n) is 11.3. The van der Waals surface area contributed by atoms with E-state index in [2.05, 4.69) is 48.4 Å². The molecule has 160 valence electrons. The topological polar surface area (TPSA) is 37.0 Å². The number of nitrogens with one attached hydrogen (secondary N) is 1. The molecular formula is C25H31FN2O2. The number of ether oxygens (including phenoxy) is 2. The summed E-state index contributed by atoms with van der Waals surface area (Å²) in [7, 11) is 0. The molecule has 1 N–H and O–H groups in total. The summed E-state index contributed by atoms with van der Waals surface area (Å²) in [4.78, 5) is 2.37. The van der Waals surface area contributed by atoms with Crippen LogP contribution in [0.4, 0.5) is 4.39 Å². The molecule has 1 spiro atoms. The standard InChI is InChI=1S/C25H31FN2O2/c1-3-28(4-2)24-23(29-24)18-10-8-17(9-11-18)19-16-25(12-14-27-15-13-25)30-21-7-5-6-20(26)22(19)21/h5-10,16,18,23-24,27H,3-4,11-15H2,1-2H3. The molecule has 2 fully saturated rings. The van der Waals surface area contributed by atoms with E-state index in [0.29, 0.717) is 17.2 Å². The van der Waals surface area contributed by atoms with Gasteiger partial charge in [-0.25, -0.2) is 4.39 Å². The Morgan fingerprint density at radius 1 is 1.20 bits per heavy atom. The van der Waals surface area contributed by atoms with E-state index < -0.39 is 0 Å². The van der Waals surface area contributed by atoms with E-state index in [0.717, 1.165) is 56.6 Å². The maximum Gasteiger partial charge on any atom is 0.138 e. The SMILES string of the molecule is CCN(CC)C1OC1C1C=CC(C2=CC3(CCNCC3)Oc3cccc(F)c32)=CC1. The first-order valence-corrected chi connectivity index (χ1v) is 11.3. The third kappa shape index (κ3) is 3.53. The zero-order valence-corrected chi connectivity index (χ0v) is 17.9. The predicted molar refractivity (Wildman–Crippen MR) is 117 cm³/mol. The van der Waals surface area contributed by atoms with Crippen LogP contribution in [0.1, 0.15) is 38.7 Å². The van der Waals surface area contributed by atoms with E-state index in [4.69, 9.17) is 9.47 Å². The van der Waals surface area contributed by atoms with Crippen LogP contribution in [-0.4, -0.2) is 49.0 Å². The number of piperidine rings is 1. The molecular weight excluding hydrogens is 379 g/mol. The second-order valence-corrected chi connectivity index (χ2v) is 8.72. The van der Waals surface area contributed by atoms with Crippen molar-refractivity contribution in [1.29, 1.82) is 0 Å². The summed E-state index contributed by atoms with van der Waals surface area (Å²) in [5.74, 6) is 0.830. The molecule has 5 heteroatoms. The Morgan fingerprint density at radius 2 is 2.00 bits per heavy atom. The van der Waals surface area contributed by atoms with Crippen LogP contribution in [-0.2, 0) is 4.74 Å². The monoisotopic (exact) mass is 410 g/mol. The third-order valence-electron chi connectivity index (χ3n) is 6.95. The van der Waals surface area contributed by atoms with Gasteiger partial charge in [-0.1, -0.05) is 38.1 Å². The van der Waals surface area contributed by atoms with Crippen molar-refractivity contribution in [3.63, 3.8) is 0 Å². The normalized spacial score (nSPS) is 29.3. The van der Waals surface area contributed by atoms with E-state index in [1.54, 1.807) is 6.07 Å². The molecule has 0 amide bonds. The first-order chi connectivity index (χ1) is 14.6. The van der Waals surface area contributed by atoms with Gasteiger partial charge >= 0.3 is 0 Å². The van der Waals surface area contributed by atoms with Crippen molar-refractivity contribution in [3.05, 3.63) is 59.5 Å². The van der Waals surface area contributed by atoms with Gasteiger partial charge in [0.2, 0.25) is 0 Å². The van der Waals surface area contributed by atoms with E-state index in [9.17, 15) is 4.39 Å². The van der Waals surface area contributed by atoms with Crippen LogP contribution in [0.5, 0.6) is 5.75 Å². The van der Waals surface area contributed by atoms with Crippen LogP contribution in [0.15, 0.2) is 48.1 Å². The minimum Gasteiger partial charge on any atom is -0.482 e. The van der Waals surface area contributed by atoms with E-state index >= 15 is 0 Å². The van der Waals surface area contributed by atoms with Crippen LogP contribution < -0.4 is 10.1 Å². The molecule has 4 nitrogen and oxygen atoms in total. The van der Waals surface area contributed by atoms with Gasteiger partial charge in [-0.2, -0.15) is 0 Å². The van der Waals surface area contributed by atoms with Gasteiger partial charge in [-0.3, -0.25) is 4.90 Å². The highest BCUT2D eigenvalue weighted by Crippen LogP contribution is 2.46. The van der Waals surface area contributed by atoms with Crippen molar-refractivity contribution in [3.8, 4) is 5.75 Å². The van der Waals surface area contributed by atoms with Gasteiger partial charge in [0.1, 0.15) is 29.5 Å². The summed E-state index contributed by atoms with van der Waals surface area (Å²) in [5, 5.41) is 3.40. The number of benzene rings is 1. The van der Waals surface area contributed by atoms with Crippen molar-refractivity contribution in [1.82, 2.24) is 10.2 Å². The molecule has 30 heavy (non-hydrogen) atoms. The number of rotatable bonds is 5. The Hall–Kier alpha value is -1.95. The molecule has 0 radical (unpaired) electrons. The van der Waals surface area contributed by atoms with Gasteiger partial charge < -0.3 is 14.8 Å². The number of hydrogen-bond acceptors (Lipinski definition) is 4. The van der Waals surface area contributed by atoms with Crippen molar-refractivity contribution in [2.24, 2.45) is 5.92 Å². The van der Waals surface area contributed by atoms with Gasteiger partial charge in [0, 0.05) is 18.8 Å². The lowest BCUT2D eigenvalue weighted by atomic mass is 9.81. The average molecular weight is 411 g/mol. The van der Waals surface area contributed by atoms with Gasteiger partial charge in [0.15, 0.2) is 0 Å². The quantitative estimate of drug-likeness (QED) is 0.735. The molecule has 0 aromatic heterocycles. The molecule has 2 saturated heterocycles. The fraction of sp³-hybridized carbons (Fsp3) is 0.520. The molecule has 4 aliphatic rings. The Bertz CT molecular complexity index is 896. The number of allylic oxidation sites excluding steroid dienone is 4. The lowest BCUT2D eigenvalue weighted by Gasteiger charge is -2.40. The summed E-state index contributed by atoms with van der Waals surface area (Å²) in [5.41, 5.74) is 2.32. The summed E-state index contributed by atoms with van der Waals surface area (Å²) in [6.07, 6.45) is 12.1. The van der Waals surface area contributed by atoms with Gasteiger partial charge in [-0.15, -0.1) is 0 Å². The van der Waals surface area contributed by atoms with E-state index in [-0.39, 0.29) is 23.8 Å². The number of nitrogens with zero attached hydrogens (tertiary/aromatic N) is 1. The second-order valence-electron chi connectivity index (χ2n) is 8.72. The minimum atomic E-state index is -0.347. The number of hydrogen-bond donors (Lipinski definition) is 1. The highest BCUT2D eigenvalue weighted by Gasteiger charge is 2.47. The minimum absolute atomic E-state index is 0.217. The van der Waals surface area contributed by atoms with Crippen LogP contribution >= 0.6 is 0 Å². The third-order valence-corrected chi connectivity index (χ3v) is 6.95. The highest BCUT2D eigenvalue weighted by atomic mass is 19.1. The summed E-state index contributed by atoms with van der Waals surface area (Å²) in [6, 6.07) is 5.17. The molecule has 1 aliphatic carbocycles.